The quantitative estimate of drug-likeness (QED) is 0.311. The zero-order valence-electron chi connectivity index (χ0n) is 10.7. The molecule has 2 aromatic heterocycles. The standard InChI is InChI=1S/C15H9NO4S/c17-12(6-5-10-7-15(16(18)19)21-9-10)14-8-11-3-1-2-4-13(11)20-14/h1-9H. The fourth-order valence-corrected chi connectivity index (χ4v) is 2.57. The van der Waals surface area contributed by atoms with Gasteiger partial charge in [0, 0.05) is 16.8 Å². The molecule has 0 amide bonds. The first-order valence-corrected chi connectivity index (χ1v) is 6.95. The number of ketones is 1. The van der Waals surface area contributed by atoms with E-state index in [1.165, 1.54) is 12.1 Å². The highest BCUT2D eigenvalue weighted by Gasteiger charge is 2.10. The van der Waals surface area contributed by atoms with E-state index in [1.807, 2.05) is 18.2 Å². The third-order valence-electron chi connectivity index (χ3n) is 2.88. The van der Waals surface area contributed by atoms with Gasteiger partial charge >= 0.3 is 5.00 Å². The van der Waals surface area contributed by atoms with E-state index in [-0.39, 0.29) is 16.5 Å². The average molecular weight is 299 g/mol. The van der Waals surface area contributed by atoms with Crippen molar-refractivity contribution in [2.24, 2.45) is 0 Å². The van der Waals surface area contributed by atoms with E-state index in [4.69, 9.17) is 4.42 Å². The first-order valence-electron chi connectivity index (χ1n) is 6.07. The number of allylic oxidation sites excluding steroid dienone is 1. The Morgan fingerprint density at radius 3 is 2.81 bits per heavy atom. The van der Waals surface area contributed by atoms with Gasteiger partial charge in [-0.05, 0) is 29.8 Å². The SMILES string of the molecule is O=C(C=Cc1csc([N+](=O)[O-])c1)c1cc2ccccc2o1. The second kappa shape index (κ2) is 5.34. The number of para-hydroxylation sites is 1. The van der Waals surface area contributed by atoms with Crippen LogP contribution in [-0.4, -0.2) is 10.7 Å². The Morgan fingerprint density at radius 2 is 2.10 bits per heavy atom. The lowest BCUT2D eigenvalue weighted by molar-refractivity contribution is -0.380. The predicted octanol–water partition coefficient (Wildman–Crippen LogP) is 4.30. The van der Waals surface area contributed by atoms with Gasteiger partial charge in [0.15, 0.2) is 5.76 Å². The van der Waals surface area contributed by atoms with Crippen LogP contribution >= 0.6 is 11.3 Å². The summed E-state index contributed by atoms with van der Waals surface area (Å²) in [6.45, 7) is 0. The van der Waals surface area contributed by atoms with Gasteiger partial charge in [-0.15, -0.1) is 0 Å². The van der Waals surface area contributed by atoms with Crippen molar-refractivity contribution in [3.8, 4) is 0 Å². The maximum atomic E-state index is 12.0. The topological polar surface area (TPSA) is 73.3 Å². The molecule has 0 atom stereocenters. The highest BCUT2D eigenvalue weighted by molar-refractivity contribution is 7.13. The normalized spacial score (nSPS) is 11.2. The number of carbonyl (C=O) groups excluding carboxylic acids is 1. The highest BCUT2D eigenvalue weighted by atomic mass is 32.1. The molecular formula is C15H9NO4S. The van der Waals surface area contributed by atoms with E-state index in [1.54, 1.807) is 23.6 Å². The molecule has 0 unspecified atom stereocenters. The molecule has 0 spiro atoms. The summed E-state index contributed by atoms with van der Waals surface area (Å²) in [7, 11) is 0. The number of hydrogen-bond acceptors (Lipinski definition) is 5. The molecule has 1 aromatic carbocycles. The van der Waals surface area contributed by atoms with Gasteiger partial charge in [0.25, 0.3) is 0 Å². The van der Waals surface area contributed by atoms with Gasteiger partial charge in [0.2, 0.25) is 5.78 Å². The summed E-state index contributed by atoms with van der Waals surface area (Å²) in [5.74, 6) is -0.0303. The Bertz CT molecular complexity index is 826. The Hall–Kier alpha value is -2.73. The van der Waals surface area contributed by atoms with E-state index in [0.29, 0.717) is 11.1 Å². The van der Waals surface area contributed by atoms with E-state index in [9.17, 15) is 14.9 Å². The molecule has 0 aliphatic heterocycles. The molecular weight excluding hydrogens is 290 g/mol. The summed E-state index contributed by atoms with van der Waals surface area (Å²) in [4.78, 5) is 22.1. The van der Waals surface area contributed by atoms with Gasteiger partial charge in [0.1, 0.15) is 5.58 Å². The van der Waals surface area contributed by atoms with Gasteiger partial charge in [-0.3, -0.25) is 14.9 Å². The van der Waals surface area contributed by atoms with E-state index in [2.05, 4.69) is 0 Å². The maximum absolute atomic E-state index is 12.0. The number of thiophene rings is 1. The number of fused-ring (bicyclic) bond motifs is 1. The summed E-state index contributed by atoms with van der Waals surface area (Å²) in [6.07, 6.45) is 2.89. The molecule has 104 valence electrons. The Kier molecular flexibility index (Phi) is 3.37. The van der Waals surface area contributed by atoms with Crippen molar-refractivity contribution in [3.63, 3.8) is 0 Å². The Labute approximate surface area is 123 Å². The number of benzene rings is 1. The monoisotopic (exact) mass is 299 g/mol. The number of nitrogens with zero attached hydrogens (tertiary/aromatic N) is 1. The van der Waals surface area contributed by atoms with Crippen molar-refractivity contribution < 1.29 is 14.1 Å². The second-order valence-electron chi connectivity index (χ2n) is 4.32. The number of furan rings is 1. The van der Waals surface area contributed by atoms with Crippen molar-refractivity contribution >= 4 is 39.2 Å². The van der Waals surface area contributed by atoms with Crippen molar-refractivity contribution in [3.05, 3.63) is 69.3 Å². The van der Waals surface area contributed by atoms with Crippen LogP contribution in [0.3, 0.4) is 0 Å². The smallest absolute Gasteiger partial charge is 0.324 e. The van der Waals surface area contributed by atoms with Gasteiger partial charge < -0.3 is 4.42 Å². The molecule has 0 radical (unpaired) electrons. The minimum atomic E-state index is -0.455. The number of hydrogen-bond donors (Lipinski definition) is 0. The lowest BCUT2D eigenvalue weighted by Gasteiger charge is -1.87. The van der Waals surface area contributed by atoms with Crippen molar-refractivity contribution in [1.29, 1.82) is 0 Å². The summed E-state index contributed by atoms with van der Waals surface area (Å²) in [6, 6.07) is 10.5. The molecule has 3 aromatic rings. The first-order chi connectivity index (χ1) is 10.1. The third kappa shape index (κ3) is 2.75. The fourth-order valence-electron chi connectivity index (χ4n) is 1.88. The van der Waals surface area contributed by atoms with Crippen LogP contribution in [0.4, 0.5) is 5.00 Å². The Morgan fingerprint density at radius 1 is 1.29 bits per heavy atom. The molecule has 0 aliphatic rings. The molecule has 0 aliphatic carbocycles. The van der Waals surface area contributed by atoms with Crippen molar-refractivity contribution in [2.45, 2.75) is 0 Å². The van der Waals surface area contributed by atoms with Crippen LogP contribution in [-0.2, 0) is 0 Å². The highest BCUT2D eigenvalue weighted by Crippen LogP contribution is 2.24. The second-order valence-corrected chi connectivity index (χ2v) is 5.21. The maximum Gasteiger partial charge on any atom is 0.324 e. The number of rotatable bonds is 4. The van der Waals surface area contributed by atoms with E-state index < -0.39 is 4.92 Å². The third-order valence-corrected chi connectivity index (χ3v) is 3.78. The van der Waals surface area contributed by atoms with Crippen LogP contribution in [0, 0.1) is 10.1 Å². The number of nitro groups is 1. The molecule has 6 heteroatoms. The minimum Gasteiger partial charge on any atom is -0.453 e. The van der Waals surface area contributed by atoms with E-state index in [0.717, 1.165) is 16.7 Å². The van der Waals surface area contributed by atoms with Gasteiger partial charge in [-0.25, -0.2) is 0 Å². The lowest BCUT2D eigenvalue weighted by Crippen LogP contribution is -1.89. The summed E-state index contributed by atoms with van der Waals surface area (Å²) < 4.78 is 5.46. The van der Waals surface area contributed by atoms with Crippen LogP contribution in [0.5, 0.6) is 0 Å². The van der Waals surface area contributed by atoms with E-state index >= 15 is 0 Å². The van der Waals surface area contributed by atoms with Crippen molar-refractivity contribution in [2.75, 3.05) is 0 Å². The van der Waals surface area contributed by atoms with Crippen LogP contribution in [0.1, 0.15) is 16.1 Å². The minimum absolute atomic E-state index is 0.0471. The molecule has 21 heavy (non-hydrogen) atoms. The summed E-state index contributed by atoms with van der Waals surface area (Å²) in [5.41, 5.74) is 1.27. The van der Waals surface area contributed by atoms with Gasteiger partial charge in [-0.2, -0.15) is 0 Å². The van der Waals surface area contributed by atoms with Crippen LogP contribution in [0.25, 0.3) is 17.0 Å². The molecule has 0 bridgehead atoms. The molecule has 0 saturated carbocycles. The first kappa shape index (κ1) is 13.3. The lowest BCUT2D eigenvalue weighted by atomic mass is 10.2. The number of carbonyl (C=O) groups is 1. The zero-order valence-corrected chi connectivity index (χ0v) is 11.5. The molecule has 0 fully saturated rings. The molecule has 0 saturated heterocycles. The largest absolute Gasteiger partial charge is 0.453 e. The molecule has 0 N–H and O–H groups in total. The average Bonchev–Trinajstić information content (AvgIpc) is 3.11. The van der Waals surface area contributed by atoms with Crippen LogP contribution < -0.4 is 0 Å². The molecule has 2 heterocycles. The summed E-state index contributed by atoms with van der Waals surface area (Å²) >= 11 is 1.02. The van der Waals surface area contributed by atoms with Gasteiger partial charge in [0.05, 0.1) is 4.92 Å². The van der Waals surface area contributed by atoms with Gasteiger partial charge in [-0.1, -0.05) is 29.5 Å². The Balaban J connectivity index is 1.81. The molecule has 3 rings (SSSR count). The van der Waals surface area contributed by atoms with Crippen molar-refractivity contribution in [1.82, 2.24) is 0 Å². The fraction of sp³-hybridized carbons (Fsp3) is 0. The molecule has 5 nitrogen and oxygen atoms in total. The summed E-state index contributed by atoms with van der Waals surface area (Å²) in [5, 5.41) is 13.1. The predicted molar refractivity (Wildman–Crippen MR) is 80.6 cm³/mol. The zero-order chi connectivity index (χ0) is 14.8. The van der Waals surface area contributed by atoms with Crippen LogP contribution in [0.15, 0.2) is 52.3 Å². The van der Waals surface area contributed by atoms with Crippen LogP contribution in [0.2, 0.25) is 0 Å².